The molecule has 4 aromatic rings. The predicted octanol–water partition coefficient (Wildman–Crippen LogP) is 4.88. The number of pyridine rings is 2. The highest BCUT2D eigenvalue weighted by Gasteiger charge is 2.23. The maximum absolute atomic E-state index is 14.7. The first-order valence-electron chi connectivity index (χ1n) is 10.3. The van der Waals surface area contributed by atoms with Crippen LogP contribution < -0.4 is 19.5 Å². The van der Waals surface area contributed by atoms with Gasteiger partial charge in [0.2, 0.25) is 5.13 Å². The van der Waals surface area contributed by atoms with Crippen molar-refractivity contribution >= 4 is 22.4 Å². The zero-order valence-electron chi connectivity index (χ0n) is 18.9. The number of ether oxygens (including phenoxy) is 3. The predicted molar refractivity (Wildman–Crippen MR) is 124 cm³/mol. The Balaban J connectivity index is 1.53. The van der Waals surface area contributed by atoms with E-state index in [0.29, 0.717) is 17.1 Å². The molecular formula is C23H18F3N5O4S. The van der Waals surface area contributed by atoms with Crippen molar-refractivity contribution < 1.29 is 32.2 Å². The first-order valence-corrected chi connectivity index (χ1v) is 11.1. The summed E-state index contributed by atoms with van der Waals surface area (Å²) >= 11 is 0.955. The molecule has 13 heteroatoms. The van der Waals surface area contributed by atoms with Crippen LogP contribution in [-0.2, 0) is 6.61 Å². The van der Waals surface area contributed by atoms with Crippen LogP contribution in [-0.4, -0.2) is 39.8 Å². The molecule has 0 radical (unpaired) electrons. The first-order chi connectivity index (χ1) is 17.3. The van der Waals surface area contributed by atoms with E-state index in [0.717, 1.165) is 17.4 Å². The largest absolute Gasteiger partial charge is 0.495 e. The number of amides is 1. The van der Waals surface area contributed by atoms with Gasteiger partial charge in [-0.25, -0.2) is 4.39 Å². The van der Waals surface area contributed by atoms with Crippen molar-refractivity contribution in [2.45, 2.75) is 20.1 Å². The maximum atomic E-state index is 14.7. The standard InChI is InChI=1S/C23H18F3N5O4S/c1-12-8-15(19-17(24)4-3-5-18(19)35-21(25)26)16(10-27-12)20(32)29-22-30-31-23(36-22)34-11-13-6-7-14(33-2)9-28-13/h3-10,21H,11H2,1-2H3,(H,29,30,32). The molecule has 3 aromatic heterocycles. The van der Waals surface area contributed by atoms with Crippen LogP contribution >= 0.6 is 11.3 Å². The molecule has 0 unspecified atom stereocenters. The number of nitrogens with zero attached hydrogens (tertiary/aromatic N) is 4. The Morgan fingerprint density at radius 3 is 2.69 bits per heavy atom. The van der Waals surface area contributed by atoms with Gasteiger partial charge in [-0.15, -0.1) is 5.10 Å². The summed E-state index contributed by atoms with van der Waals surface area (Å²) in [6.45, 7) is -1.46. The number of hydrogen-bond donors (Lipinski definition) is 1. The number of aryl methyl sites for hydroxylation is 1. The number of rotatable bonds is 9. The van der Waals surface area contributed by atoms with E-state index in [1.165, 1.54) is 31.5 Å². The zero-order chi connectivity index (χ0) is 25.7. The lowest BCUT2D eigenvalue weighted by Crippen LogP contribution is -2.14. The van der Waals surface area contributed by atoms with E-state index in [1.54, 1.807) is 25.3 Å². The van der Waals surface area contributed by atoms with Crippen LogP contribution in [0.4, 0.5) is 18.3 Å². The molecule has 0 saturated carbocycles. The van der Waals surface area contributed by atoms with Gasteiger partial charge in [0.1, 0.15) is 23.9 Å². The number of methoxy groups -OCH3 is 1. The van der Waals surface area contributed by atoms with Gasteiger partial charge in [0, 0.05) is 17.5 Å². The second-order valence-corrected chi connectivity index (χ2v) is 8.11. The van der Waals surface area contributed by atoms with Gasteiger partial charge in [-0.3, -0.25) is 20.1 Å². The molecule has 1 amide bonds. The molecule has 0 aliphatic carbocycles. The Morgan fingerprint density at radius 2 is 1.97 bits per heavy atom. The number of alkyl halides is 2. The molecule has 3 heterocycles. The molecule has 186 valence electrons. The van der Waals surface area contributed by atoms with Crippen molar-refractivity contribution in [1.29, 1.82) is 0 Å². The van der Waals surface area contributed by atoms with Crippen LogP contribution in [0, 0.1) is 12.7 Å². The van der Waals surface area contributed by atoms with Gasteiger partial charge in [-0.05, 0) is 48.6 Å². The van der Waals surface area contributed by atoms with E-state index in [1.807, 2.05) is 0 Å². The first kappa shape index (κ1) is 24.9. The molecule has 4 rings (SSSR count). The Kier molecular flexibility index (Phi) is 7.59. The maximum Gasteiger partial charge on any atom is 0.387 e. The lowest BCUT2D eigenvalue weighted by atomic mass is 9.98. The quantitative estimate of drug-likeness (QED) is 0.335. The van der Waals surface area contributed by atoms with Crippen LogP contribution in [0.2, 0.25) is 0 Å². The molecule has 0 aliphatic rings. The SMILES string of the molecule is COc1ccc(COc2nnc(NC(=O)c3cnc(C)cc3-c3c(F)cccc3OC(F)F)s2)nc1. The highest BCUT2D eigenvalue weighted by Crippen LogP contribution is 2.36. The zero-order valence-corrected chi connectivity index (χ0v) is 19.7. The normalized spacial score (nSPS) is 10.8. The van der Waals surface area contributed by atoms with Gasteiger partial charge >= 0.3 is 6.61 Å². The Labute approximate surface area is 206 Å². The van der Waals surface area contributed by atoms with E-state index in [9.17, 15) is 18.0 Å². The number of carbonyl (C=O) groups excluding carboxylic acids is 1. The van der Waals surface area contributed by atoms with Crippen LogP contribution in [0.1, 0.15) is 21.7 Å². The summed E-state index contributed by atoms with van der Waals surface area (Å²) < 4.78 is 55.6. The molecule has 0 spiro atoms. The molecule has 0 atom stereocenters. The Hall–Kier alpha value is -4.26. The monoisotopic (exact) mass is 517 g/mol. The molecule has 0 fully saturated rings. The van der Waals surface area contributed by atoms with Gasteiger partial charge in [-0.1, -0.05) is 11.2 Å². The smallest absolute Gasteiger partial charge is 0.387 e. The number of aromatic nitrogens is 4. The summed E-state index contributed by atoms with van der Waals surface area (Å²) in [4.78, 5) is 21.3. The number of anilines is 1. The average Bonchev–Trinajstić information content (AvgIpc) is 3.30. The van der Waals surface area contributed by atoms with E-state index in [2.05, 4.69) is 30.2 Å². The minimum Gasteiger partial charge on any atom is -0.495 e. The lowest BCUT2D eigenvalue weighted by molar-refractivity contribution is -0.0495. The number of halogens is 3. The fourth-order valence-electron chi connectivity index (χ4n) is 3.14. The molecular weight excluding hydrogens is 499 g/mol. The summed E-state index contributed by atoms with van der Waals surface area (Å²) in [7, 11) is 1.53. The van der Waals surface area contributed by atoms with Crippen molar-refractivity contribution in [3.8, 4) is 27.8 Å². The molecule has 9 nitrogen and oxygen atoms in total. The fourth-order valence-corrected chi connectivity index (χ4v) is 3.73. The van der Waals surface area contributed by atoms with Gasteiger partial charge in [0.05, 0.1) is 30.1 Å². The van der Waals surface area contributed by atoms with Gasteiger partial charge < -0.3 is 14.2 Å². The van der Waals surface area contributed by atoms with E-state index < -0.39 is 24.1 Å². The number of benzene rings is 1. The van der Waals surface area contributed by atoms with Crippen molar-refractivity contribution in [1.82, 2.24) is 20.2 Å². The third-order valence-electron chi connectivity index (χ3n) is 4.75. The summed E-state index contributed by atoms with van der Waals surface area (Å²) in [5.41, 5.74) is 0.720. The van der Waals surface area contributed by atoms with Crippen molar-refractivity contribution in [3.63, 3.8) is 0 Å². The molecule has 0 bridgehead atoms. The minimum absolute atomic E-state index is 0.0281. The van der Waals surface area contributed by atoms with Crippen LogP contribution in [0.25, 0.3) is 11.1 Å². The summed E-state index contributed by atoms with van der Waals surface area (Å²) in [6, 6.07) is 8.36. The summed E-state index contributed by atoms with van der Waals surface area (Å²) in [5.74, 6) is -1.36. The Bertz CT molecular complexity index is 1370. The van der Waals surface area contributed by atoms with Gasteiger partial charge in [-0.2, -0.15) is 8.78 Å². The highest BCUT2D eigenvalue weighted by molar-refractivity contribution is 7.17. The van der Waals surface area contributed by atoms with Crippen molar-refractivity contribution in [2.75, 3.05) is 12.4 Å². The van der Waals surface area contributed by atoms with E-state index in [4.69, 9.17) is 9.47 Å². The number of nitrogens with one attached hydrogen (secondary N) is 1. The van der Waals surface area contributed by atoms with Gasteiger partial charge in [0.15, 0.2) is 0 Å². The molecule has 0 aliphatic heterocycles. The summed E-state index contributed by atoms with van der Waals surface area (Å²) in [6.07, 6.45) is 2.76. The topological polar surface area (TPSA) is 108 Å². The van der Waals surface area contributed by atoms with E-state index >= 15 is 0 Å². The number of carbonyl (C=O) groups is 1. The van der Waals surface area contributed by atoms with E-state index in [-0.39, 0.29) is 33.6 Å². The molecule has 0 saturated heterocycles. The van der Waals surface area contributed by atoms with Gasteiger partial charge in [0.25, 0.3) is 11.1 Å². The van der Waals surface area contributed by atoms with Crippen molar-refractivity contribution in [3.05, 3.63) is 71.6 Å². The summed E-state index contributed by atoms with van der Waals surface area (Å²) in [5, 5.41) is 10.6. The molecule has 1 aromatic carbocycles. The second-order valence-electron chi connectivity index (χ2n) is 7.17. The second kappa shape index (κ2) is 11.0. The van der Waals surface area contributed by atoms with Crippen LogP contribution in [0.15, 0.2) is 48.8 Å². The highest BCUT2D eigenvalue weighted by atomic mass is 32.1. The molecule has 1 N–H and O–H groups in total. The van der Waals surface area contributed by atoms with Crippen LogP contribution in [0.5, 0.6) is 16.7 Å². The average molecular weight is 517 g/mol. The third kappa shape index (κ3) is 5.86. The van der Waals surface area contributed by atoms with Crippen molar-refractivity contribution in [2.24, 2.45) is 0 Å². The van der Waals surface area contributed by atoms with Crippen LogP contribution in [0.3, 0.4) is 0 Å². The number of hydrogen-bond acceptors (Lipinski definition) is 9. The lowest BCUT2D eigenvalue weighted by Gasteiger charge is -2.15. The third-order valence-corrected chi connectivity index (χ3v) is 5.50. The minimum atomic E-state index is -3.18. The Morgan fingerprint density at radius 1 is 1.14 bits per heavy atom. The fraction of sp³-hybridized carbons (Fsp3) is 0.174. The molecule has 36 heavy (non-hydrogen) atoms.